The number of nitrogens with zero attached hydrogens (tertiary/aromatic N) is 5. The summed E-state index contributed by atoms with van der Waals surface area (Å²) in [7, 11) is 0. The van der Waals surface area contributed by atoms with E-state index in [1.165, 1.54) is 0 Å². The van der Waals surface area contributed by atoms with Crippen LogP contribution < -0.4 is 0 Å². The number of aromatic nitrogens is 2. The molecule has 2 heterocycles. The maximum absolute atomic E-state index is 9.63. The molecule has 9 rings (SSSR count). The summed E-state index contributed by atoms with van der Waals surface area (Å²) >= 11 is 0. The molecule has 0 radical (unpaired) electrons. The minimum absolute atomic E-state index is 0.510. The Hall–Kier alpha value is -7.39. The summed E-state index contributed by atoms with van der Waals surface area (Å²) in [6.45, 7) is 16.3. The van der Waals surface area contributed by atoms with Crippen LogP contribution in [0.3, 0.4) is 0 Å². The van der Waals surface area contributed by atoms with Gasteiger partial charge in [0.15, 0.2) is 0 Å². The first kappa shape index (κ1) is 28.8. The lowest BCUT2D eigenvalue weighted by Crippen LogP contribution is -1.99. The normalized spacial score (nSPS) is 11.1. The van der Waals surface area contributed by atoms with Crippen molar-refractivity contribution in [3.05, 3.63) is 180 Å². The lowest BCUT2D eigenvalue weighted by atomic mass is 9.92. The third-order valence-electron chi connectivity index (χ3n) is 9.59. The topological polar surface area (TPSA) is 42.4 Å². The summed E-state index contributed by atoms with van der Waals surface area (Å²) in [5.41, 5.74) is 11.2. The van der Waals surface area contributed by atoms with Crippen LogP contribution >= 0.6 is 0 Å². The van der Waals surface area contributed by atoms with Crippen LogP contribution in [-0.2, 0) is 0 Å². The van der Waals surface area contributed by atoms with Gasteiger partial charge < -0.3 is 9.13 Å². The smallest absolute Gasteiger partial charge is 0.211 e. The molecule has 9 aromatic rings. The lowest BCUT2D eigenvalue weighted by molar-refractivity contribution is 1.18. The van der Waals surface area contributed by atoms with Gasteiger partial charge in [0.25, 0.3) is 0 Å². The first-order valence-electron chi connectivity index (χ1n) is 16.2. The van der Waals surface area contributed by atoms with Gasteiger partial charge in [-0.15, -0.1) is 0 Å². The van der Waals surface area contributed by atoms with Crippen molar-refractivity contribution in [3.8, 4) is 39.7 Å². The highest BCUT2D eigenvalue weighted by molar-refractivity contribution is 6.14. The van der Waals surface area contributed by atoms with Gasteiger partial charge >= 0.3 is 0 Å². The van der Waals surface area contributed by atoms with Crippen LogP contribution in [0.1, 0.15) is 5.56 Å². The van der Waals surface area contributed by atoms with Crippen LogP contribution in [0.2, 0.25) is 0 Å². The lowest BCUT2D eigenvalue weighted by Gasteiger charge is -2.19. The van der Waals surface area contributed by atoms with Gasteiger partial charge in [0.2, 0.25) is 11.4 Å². The van der Waals surface area contributed by atoms with E-state index < -0.39 is 0 Å². The molecule has 0 spiro atoms. The minimum atomic E-state index is 0.510. The molecule has 0 aliphatic heterocycles. The van der Waals surface area contributed by atoms with Crippen molar-refractivity contribution in [2.45, 2.75) is 0 Å². The average molecular weight is 636 g/mol. The van der Waals surface area contributed by atoms with Crippen molar-refractivity contribution in [3.63, 3.8) is 0 Å². The summed E-state index contributed by atoms with van der Waals surface area (Å²) in [5, 5.41) is 13.8. The maximum Gasteiger partial charge on any atom is 0.211 e. The summed E-state index contributed by atoms with van der Waals surface area (Å²) in [6.07, 6.45) is 0. The van der Waals surface area contributed by atoms with E-state index >= 15 is 0 Å². The first-order valence-corrected chi connectivity index (χ1v) is 16.2. The van der Waals surface area contributed by atoms with E-state index in [1.54, 1.807) is 0 Å². The molecule has 0 fully saturated rings. The molecule has 5 heteroatoms. The van der Waals surface area contributed by atoms with Crippen molar-refractivity contribution >= 4 is 55.0 Å². The molecule has 0 aliphatic rings. The average Bonchev–Trinajstić information content (AvgIpc) is 3.70. The molecule has 0 N–H and O–H groups in total. The molecule has 0 atom stereocenters. The highest BCUT2D eigenvalue weighted by Gasteiger charge is 2.22. The largest absolute Gasteiger partial charge is 0.328 e. The van der Waals surface area contributed by atoms with Crippen molar-refractivity contribution in [1.29, 1.82) is 5.26 Å². The Bertz CT molecular complexity index is 2970. The molecular weight excluding hydrogens is 611 g/mol. The molecule has 0 bridgehead atoms. The Morgan fingerprint density at radius 2 is 1.08 bits per heavy atom. The highest BCUT2D eigenvalue weighted by Crippen LogP contribution is 2.45. The fraction of sp³-hybridized carbons (Fsp3) is 0. The molecule has 2 aromatic heterocycles. The molecule has 0 saturated carbocycles. The van der Waals surface area contributed by atoms with Crippen molar-refractivity contribution in [2.75, 3.05) is 0 Å². The number of hydrogen-bond donors (Lipinski definition) is 0. The molecule has 0 unspecified atom stereocenters. The maximum atomic E-state index is 9.63. The van der Waals surface area contributed by atoms with Crippen molar-refractivity contribution in [2.24, 2.45) is 0 Å². The summed E-state index contributed by atoms with van der Waals surface area (Å²) < 4.78 is 4.37. The van der Waals surface area contributed by atoms with Crippen LogP contribution in [0.4, 0.5) is 11.4 Å². The summed E-state index contributed by atoms with van der Waals surface area (Å²) in [6, 6.07) is 53.2. The van der Waals surface area contributed by atoms with E-state index in [2.05, 4.69) is 97.7 Å². The Balaban J connectivity index is 1.30. The van der Waals surface area contributed by atoms with Gasteiger partial charge in [-0.3, -0.25) is 0 Å². The fourth-order valence-corrected chi connectivity index (χ4v) is 7.50. The zero-order valence-electron chi connectivity index (χ0n) is 26.7. The van der Waals surface area contributed by atoms with Gasteiger partial charge in [0, 0.05) is 21.8 Å². The summed E-state index contributed by atoms with van der Waals surface area (Å²) in [4.78, 5) is 7.95. The third-order valence-corrected chi connectivity index (χ3v) is 9.59. The SMILES string of the molecule is [C-]#[N+]c1cccc(-c2ccccc2-c2cccc(-n3c4ccccc4c4cc(C#N)ccc43)c2)c1-n1c2ccccc2c2cccc([N+]#[C-])c21. The van der Waals surface area contributed by atoms with Crippen LogP contribution in [0.25, 0.3) is 86.9 Å². The number of para-hydroxylation sites is 4. The van der Waals surface area contributed by atoms with Gasteiger partial charge in [-0.25, -0.2) is 9.69 Å². The Kier molecular flexibility index (Phi) is 6.56. The van der Waals surface area contributed by atoms with Gasteiger partial charge in [-0.1, -0.05) is 109 Å². The number of hydrogen-bond acceptors (Lipinski definition) is 1. The standard InChI is InChI=1S/C45H25N5/c1-47-39-20-10-18-36(44(39)50-42-23-8-5-16-34(42)37-19-11-21-40(48-2)45(37)50)33-15-4-3-14-32(33)30-12-9-13-31(27-30)49-41-22-7-6-17-35(41)38-26-29(28-46)24-25-43(38)49/h3-27H. The first-order chi connectivity index (χ1) is 24.7. The molecular formula is C45H25N5. The van der Waals surface area contributed by atoms with Crippen molar-refractivity contribution < 1.29 is 0 Å². The van der Waals surface area contributed by atoms with E-state index in [0.717, 1.165) is 77.2 Å². The van der Waals surface area contributed by atoms with Crippen LogP contribution in [0, 0.1) is 24.5 Å². The monoisotopic (exact) mass is 635 g/mol. The predicted molar refractivity (Wildman–Crippen MR) is 203 cm³/mol. The zero-order chi connectivity index (χ0) is 33.8. The van der Waals surface area contributed by atoms with E-state index in [0.29, 0.717) is 16.9 Å². The second kappa shape index (κ2) is 11.4. The van der Waals surface area contributed by atoms with Crippen LogP contribution in [0.15, 0.2) is 152 Å². The Labute approximate surface area is 288 Å². The molecule has 0 saturated heterocycles. The Morgan fingerprint density at radius 3 is 1.86 bits per heavy atom. The van der Waals surface area contributed by atoms with Crippen LogP contribution in [0.5, 0.6) is 0 Å². The number of rotatable bonds is 4. The molecule has 230 valence electrons. The quantitative estimate of drug-likeness (QED) is 0.177. The van der Waals surface area contributed by atoms with E-state index in [-0.39, 0.29) is 0 Å². The fourth-order valence-electron chi connectivity index (χ4n) is 7.50. The number of fused-ring (bicyclic) bond motifs is 6. The van der Waals surface area contributed by atoms with E-state index in [1.807, 2.05) is 78.9 Å². The second-order valence-corrected chi connectivity index (χ2v) is 12.2. The molecule has 5 nitrogen and oxygen atoms in total. The Morgan fingerprint density at radius 1 is 0.480 bits per heavy atom. The van der Waals surface area contributed by atoms with E-state index in [9.17, 15) is 5.26 Å². The van der Waals surface area contributed by atoms with Gasteiger partial charge in [-0.2, -0.15) is 5.26 Å². The third kappa shape index (κ3) is 4.24. The van der Waals surface area contributed by atoms with Crippen LogP contribution in [-0.4, -0.2) is 9.13 Å². The van der Waals surface area contributed by atoms with Gasteiger partial charge in [0.05, 0.1) is 52.5 Å². The van der Waals surface area contributed by atoms with Gasteiger partial charge in [-0.05, 0) is 70.1 Å². The second-order valence-electron chi connectivity index (χ2n) is 12.2. The minimum Gasteiger partial charge on any atom is -0.328 e. The predicted octanol–water partition coefficient (Wildman–Crippen LogP) is 12.2. The molecule has 0 amide bonds. The number of benzene rings is 7. The molecule has 50 heavy (non-hydrogen) atoms. The zero-order valence-corrected chi connectivity index (χ0v) is 26.7. The van der Waals surface area contributed by atoms with Crippen molar-refractivity contribution in [1.82, 2.24) is 9.13 Å². The molecule has 7 aromatic carbocycles. The number of nitriles is 1. The molecule has 0 aliphatic carbocycles. The van der Waals surface area contributed by atoms with Gasteiger partial charge in [0.1, 0.15) is 0 Å². The summed E-state index contributed by atoms with van der Waals surface area (Å²) in [5.74, 6) is 0. The highest BCUT2D eigenvalue weighted by atomic mass is 15.0. The van der Waals surface area contributed by atoms with E-state index in [4.69, 9.17) is 13.1 Å².